The molecule has 17 heavy (non-hydrogen) atoms. The maximum atomic E-state index is 5.71. The number of rotatable bonds is 5. The summed E-state index contributed by atoms with van der Waals surface area (Å²) < 4.78 is 5.71. The first-order chi connectivity index (χ1) is 7.75. The van der Waals surface area contributed by atoms with Crippen molar-refractivity contribution in [3.63, 3.8) is 0 Å². The van der Waals surface area contributed by atoms with Crippen LogP contribution < -0.4 is 10.1 Å². The number of hydrogen-bond acceptors (Lipinski definition) is 3. The summed E-state index contributed by atoms with van der Waals surface area (Å²) in [5.74, 6) is 0.972. The van der Waals surface area contributed by atoms with Gasteiger partial charge in [-0.05, 0) is 31.7 Å². The molecule has 0 aromatic heterocycles. The Morgan fingerprint density at radius 3 is 2.76 bits per heavy atom. The smallest absolute Gasteiger partial charge is 0.119 e. The Kier molecular flexibility index (Phi) is 5.75. The Bertz CT molecular complexity index is 342. The van der Waals surface area contributed by atoms with E-state index in [1.165, 1.54) is 5.56 Å². The summed E-state index contributed by atoms with van der Waals surface area (Å²) in [6.45, 7) is 6.05. The van der Waals surface area contributed by atoms with E-state index in [-0.39, 0.29) is 12.4 Å². The fraction of sp³-hybridized carbons (Fsp3) is 0.538. The van der Waals surface area contributed by atoms with E-state index in [1.54, 1.807) is 0 Å². The first kappa shape index (κ1) is 14.3. The zero-order valence-electron chi connectivity index (χ0n) is 10.5. The molecule has 3 nitrogen and oxygen atoms in total. The van der Waals surface area contributed by atoms with Crippen LogP contribution in [0.25, 0.3) is 0 Å². The average Bonchev–Trinajstić information content (AvgIpc) is 2.15. The number of nitrogens with zero attached hydrogens (tertiary/aromatic N) is 1. The van der Waals surface area contributed by atoms with E-state index in [2.05, 4.69) is 36.3 Å². The maximum Gasteiger partial charge on any atom is 0.119 e. The molecule has 1 aromatic carbocycles. The molecule has 96 valence electrons. The molecule has 2 rings (SSSR count). The Morgan fingerprint density at radius 2 is 2.18 bits per heavy atom. The second kappa shape index (κ2) is 6.84. The molecule has 0 saturated carbocycles. The molecule has 0 aliphatic carbocycles. The third-order valence-electron chi connectivity index (χ3n) is 3.09. The van der Waals surface area contributed by atoms with Crippen LogP contribution in [-0.2, 0) is 0 Å². The summed E-state index contributed by atoms with van der Waals surface area (Å²) in [5.41, 5.74) is 1.24. The van der Waals surface area contributed by atoms with Crippen molar-refractivity contribution >= 4 is 12.4 Å². The lowest BCUT2D eigenvalue weighted by Crippen LogP contribution is -2.56. The van der Waals surface area contributed by atoms with Crippen LogP contribution in [0.3, 0.4) is 0 Å². The normalized spacial score (nSPS) is 15.2. The van der Waals surface area contributed by atoms with Crippen molar-refractivity contribution in [2.75, 3.05) is 33.3 Å². The van der Waals surface area contributed by atoms with Crippen molar-refractivity contribution < 1.29 is 4.74 Å². The van der Waals surface area contributed by atoms with Gasteiger partial charge in [0.25, 0.3) is 0 Å². The van der Waals surface area contributed by atoms with E-state index >= 15 is 0 Å². The number of hydrogen-bond donors (Lipinski definition) is 1. The van der Waals surface area contributed by atoms with Crippen molar-refractivity contribution in [3.8, 4) is 5.75 Å². The van der Waals surface area contributed by atoms with Crippen molar-refractivity contribution in [1.82, 2.24) is 10.2 Å². The number of likely N-dealkylation sites (N-methyl/N-ethyl adjacent to an activating group) is 1. The van der Waals surface area contributed by atoms with Gasteiger partial charge in [-0.25, -0.2) is 0 Å². The Hall–Kier alpha value is -0.770. The minimum absolute atomic E-state index is 0. The summed E-state index contributed by atoms with van der Waals surface area (Å²) in [4.78, 5) is 2.35. The van der Waals surface area contributed by atoms with Gasteiger partial charge in [-0.15, -0.1) is 12.4 Å². The van der Waals surface area contributed by atoms with E-state index in [0.29, 0.717) is 6.04 Å². The lowest BCUT2D eigenvalue weighted by Gasteiger charge is -2.35. The van der Waals surface area contributed by atoms with Gasteiger partial charge in [-0.2, -0.15) is 0 Å². The number of nitrogens with one attached hydrogen (secondary N) is 1. The van der Waals surface area contributed by atoms with Crippen LogP contribution in [0.5, 0.6) is 5.75 Å². The van der Waals surface area contributed by atoms with Gasteiger partial charge in [0.1, 0.15) is 12.4 Å². The standard InChI is InChI=1S/C13H20N2O.ClH/c1-11-4-3-5-13(8-11)16-7-6-15(2)12-9-14-10-12;/h3-5,8,12,14H,6-7,9-10H2,1-2H3;1H. The fourth-order valence-corrected chi connectivity index (χ4v) is 1.78. The molecule has 0 amide bonds. The Morgan fingerprint density at radius 1 is 1.41 bits per heavy atom. The summed E-state index contributed by atoms with van der Waals surface area (Å²) in [6.07, 6.45) is 0. The lowest BCUT2D eigenvalue weighted by atomic mass is 10.1. The number of aryl methyl sites for hydroxylation is 1. The maximum absolute atomic E-state index is 5.71. The third-order valence-corrected chi connectivity index (χ3v) is 3.09. The summed E-state index contributed by atoms with van der Waals surface area (Å²) in [5, 5.41) is 3.28. The number of halogens is 1. The molecule has 1 heterocycles. The highest BCUT2D eigenvalue weighted by Crippen LogP contribution is 2.12. The highest BCUT2D eigenvalue weighted by molar-refractivity contribution is 5.85. The fourth-order valence-electron chi connectivity index (χ4n) is 1.78. The van der Waals surface area contributed by atoms with Gasteiger partial charge in [0.05, 0.1) is 0 Å². The van der Waals surface area contributed by atoms with Crippen LogP contribution in [-0.4, -0.2) is 44.2 Å². The lowest BCUT2D eigenvalue weighted by molar-refractivity contribution is 0.151. The van der Waals surface area contributed by atoms with Gasteiger partial charge in [0.15, 0.2) is 0 Å². The molecule has 1 saturated heterocycles. The summed E-state index contributed by atoms with van der Waals surface area (Å²) in [6, 6.07) is 8.90. The van der Waals surface area contributed by atoms with E-state index in [4.69, 9.17) is 4.74 Å². The molecule has 0 unspecified atom stereocenters. The zero-order chi connectivity index (χ0) is 11.4. The molecular weight excluding hydrogens is 236 g/mol. The van der Waals surface area contributed by atoms with Gasteiger partial charge in [-0.1, -0.05) is 12.1 Å². The molecule has 1 aliphatic heterocycles. The number of ether oxygens (including phenoxy) is 1. The molecule has 1 aromatic rings. The number of benzene rings is 1. The molecule has 0 radical (unpaired) electrons. The van der Waals surface area contributed by atoms with Crippen LogP contribution in [0.2, 0.25) is 0 Å². The van der Waals surface area contributed by atoms with Crippen LogP contribution in [0, 0.1) is 6.92 Å². The topological polar surface area (TPSA) is 24.5 Å². The van der Waals surface area contributed by atoms with Crippen molar-refractivity contribution in [3.05, 3.63) is 29.8 Å². The molecule has 1 aliphatic rings. The average molecular weight is 257 g/mol. The Balaban J connectivity index is 0.00000144. The van der Waals surface area contributed by atoms with Crippen LogP contribution in [0.15, 0.2) is 24.3 Å². The Labute approximate surface area is 110 Å². The van der Waals surface area contributed by atoms with Crippen LogP contribution in [0.4, 0.5) is 0 Å². The van der Waals surface area contributed by atoms with E-state index < -0.39 is 0 Å². The zero-order valence-corrected chi connectivity index (χ0v) is 11.3. The van der Waals surface area contributed by atoms with Gasteiger partial charge >= 0.3 is 0 Å². The highest BCUT2D eigenvalue weighted by Gasteiger charge is 2.20. The SMILES string of the molecule is Cc1cccc(OCCN(C)C2CNC2)c1.Cl. The molecule has 1 N–H and O–H groups in total. The van der Waals surface area contributed by atoms with Gasteiger partial charge in [0, 0.05) is 25.7 Å². The quantitative estimate of drug-likeness (QED) is 0.868. The van der Waals surface area contributed by atoms with Gasteiger partial charge in [-0.3, -0.25) is 4.90 Å². The van der Waals surface area contributed by atoms with E-state index in [1.807, 2.05) is 12.1 Å². The molecule has 0 bridgehead atoms. The van der Waals surface area contributed by atoms with Crippen LogP contribution in [0.1, 0.15) is 5.56 Å². The van der Waals surface area contributed by atoms with Gasteiger partial charge < -0.3 is 10.1 Å². The second-order valence-corrected chi connectivity index (χ2v) is 4.46. The monoisotopic (exact) mass is 256 g/mol. The largest absolute Gasteiger partial charge is 0.492 e. The highest BCUT2D eigenvalue weighted by atomic mass is 35.5. The summed E-state index contributed by atoms with van der Waals surface area (Å²) in [7, 11) is 2.16. The molecule has 4 heteroatoms. The van der Waals surface area contributed by atoms with Crippen molar-refractivity contribution in [2.24, 2.45) is 0 Å². The van der Waals surface area contributed by atoms with E-state index in [9.17, 15) is 0 Å². The molecule has 0 atom stereocenters. The van der Waals surface area contributed by atoms with Crippen molar-refractivity contribution in [2.45, 2.75) is 13.0 Å². The predicted molar refractivity (Wildman–Crippen MR) is 73.2 cm³/mol. The second-order valence-electron chi connectivity index (χ2n) is 4.46. The van der Waals surface area contributed by atoms with Gasteiger partial charge in [0.2, 0.25) is 0 Å². The minimum atomic E-state index is 0. The molecule has 1 fully saturated rings. The first-order valence-electron chi connectivity index (χ1n) is 5.86. The molecule has 0 spiro atoms. The molecular formula is C13H21ClN2O. The predicted octanol–water partition coefficient (Wildman–Crippen LogP) is 1.70. The van der Waals surface area contributed by atoms with Crippen LogP contribution >= 0.6 is 12.4 Å². The third kappa shape index (κ3) is 4.19. The van der Waals surface area contributed by atoms with Crippen molar-refractivity contribution in [1.29, 1.82) is 0 Å². The minimum Gasteiger partial charge on any atom is -0.492 e. The first-order valence-corrected chi connectivity index (χ1v) is 5.86. The summed E-state index contributed by atoms with van der Waals surface area (Å²) >= 11 is 0. The van der Waals surface area contributed by atoms with E-state index in [0.717, 1.165) is 32.0 Å².